The van der Waals surface area contributed by atoms with Crippen LogP contribution in [0.3, 0.4) is 0 Å². The quantitative estimate of drug-likeness (QED) is 0.754. The average molecular weight is 263 g/mol. The predicted molar refractivity (Wildman–Crippen MR) is 69.2 cm³/mol. The molecule has 1 amide bonds. The van der Waals surface area contributed by atoms with Crippen LogP contribution in [0.25, 0.3) is 0 Å². The van der Waals surface area contributed by atoms with E-state index in [1.807, 2.05) is 0 Å². The third kappa shape index (κ3) is 2.76. The molecule has 0 saturated carbocycles. The second-order valence-electron chi connectivity index (χ2n) is 4.37. The molecule has 2 rings (SSSR count). The van der Waals surface area contributed by atoms with Gasteiger partial charge in [0.05, 0.1) is 25.9 Å². The van der Waals surface area contributed by atoms with E-state index in [-0.39, 0.29) is 5.91 Å². The number of rotatable bonds is 2. The summed E-state index contributed by atoms with van der Waals surface area (Å²) in [5.74, 6) is -0.485. The van der Waals surface area contributed by atoms with E-state index in [4.69, 9.17) is 9.47 Å². The minimum absolute atomic E-state index is 0.0634. The first-order chi connectivity index (χ1) is 9.15. The van der Waals surface area contributed by atoms with E-state index in [2.05, 4.69) is 0 Å². The monoisotopic (exact) mass is 263 g/mol. The lowest BCUT2D eigenvalue weighted by Crippen LogP contribution is -2.41. The van der Waals surface area contributed by atoms with Crippen LogP contribution in [0.15, 0.2) is 18.2 Å². The predicted octanol–water partition coefficient (Wildman–Crippen LogP) is 1.25. The highest BCUT2D eigenvalue weighted by Gasteiger charge is 2.22. The van der Waals surface area contributed by atoms with Gasteiger partial charge in [0, 0.05) is 18.7 Å². The average Bonchev–Trinajstić information content (AvgIpc) is 2.47. The van der Waals surface area contributed by atoms with Gasteiger partial charge in [-0.1, -0.05) is 6.07 Å². The summed E-state index contributed by atoms with van der Waals surface area (Å²) in [5.41, 5.74) is 1.64. The maximum Gasteiger partial charge on any atom is 0.338 e. The van der Waals surface area contributed by atoms with E-state index in [9.17, 15) is 9.59 Å². The van der Waals surface area contributed by atoms with E-state index >= 15 is 0 Å². The number of nitrogens with zero attached hydrogens (tertiary/aromatic N) is 1. The lowest BCUT2D eigenvalue weighted by molar-refractivity contribution is 0.0302. The van der Waals surface area contributed by atoms with Gasteiger partial charge >= 0.3 is 5.97 Å². The van der Waals surface area contributed by atoms with Crippen molar-refractivity contribution in [3.63, 3.8) is 0 Å². The standard InChI is InChI=1S/C14H17NO4/c1-10-11(4-3-5-12(10)14(17)18-2)13(16)15-6-8-19-9-7-15/h3-5H,6-9H2,1-2H3. The number of amides is 1. The summed E-state index contributed by atoms with van der Waals surface area (Å²) in [6.45, 7) is 4.05. The Balaban J connectivity index is 2.29. The summed E-state index contributed by atoms with van der Waals surface area (Å²) in [6, 6.07) is 5.10. The first-order valence-corrected chi connectivity index (χ1v) is 6.20. The van der Waals surface area contributed by atoms with Crippen molar-refractivity contribution in [1.82, 2.24) is 4.90 Å². The zero-order chi connectivity index (χ0) is 13.8. The van der Waals surface area contributed by atoms with Crippen LogP contribution in [0.5, 0.6) is 0 Å². The van der Waals surface area contributed by atoms with Gasteiger partial charge in [0.1, 0.15) is 0 Å². The summed E-state index contributed by atoms with van der Waals surface area (Å²) < 4.78 is 9.94. The molecule has 1 saturated heterocycles. The molecule has 0 radical (unpaired) electrons. The molecule has 1 aromatic carbocycles. The number of ether oxygens (including phenoxy) is 2. The summed E-state index contributed by atoms with van der Waals surface area (Å²) in [7, 11) is 1.33. The molecule has 0 aliphatic carbocycles. The summed E-state index contributed by atoms with van der Waals surface area (Å²) in [4.78, 5) is 25.8. The van der Waals surface area contributed by atoms with E-state index in [1.165, 1.54) is 7.11 Å². The van der Waals surface area contributed by atoms with Gasteiger partial charge in [0.2, 0.25) is 0 Å². The lowest BCUT2D eigenvalue weighted by atomic mass is 10.0. The molecule has 1 fully saturated rings. The number of esters is 1. The number of morpholine rings is 1. The maximum atomic E-state index is 12.4. The van der Waals surface area contributed by atoms with E-state index < -0.39 is 5.97 Å². The molecular weight excluding hydrogens is 246 g/mol. The number of methoxy groups -OCH3 is 1. The molecule has 1 aliphatic heterocycles. The molecule has 5 heteroatoms. The van der Waals surface area contributed by atoms with E-state index in [1.54, 1.807) is 30.0 Å². The molecule has 1 aromatic rings. The van der Waals surface area contributed by atoms with Crippen LogP contribution in [0.1, 0.15) is 26.3 Å². The summed E-state index contributed by atoms with van der Waals surface area (Å²) in [6.07, 6.45) is 0. The zero-order valence-corrected chi connectivity index (χ0v) is 11.1. The fourth-order valence-electron chi connectivity index (χ4n) is 2.14. The summed E-state index contributed by atoms with van der Waals surface area (Å²) >= 11 is 0. The number of benzene rings is 1. The van der Waals surface area contributed by atoms with Crippen LogP contribution in [0.2, 0.25) is 0 Å². The third-order valence-corrected chi connectivity index (χ3v) is 3.27. The zero-order valence-electron chi connectivity index (χ0n) is 11.1. The van der Waals surface area contributed by atoms with Crippen molar-refractivity contribution < 1.29 is 19.1 Å². The van der Waals surface area contributed by atoms with E-state index in [0.717, 1.165) is 0 Å². The molecule has 0 N–H and O–H groups in total. The second-order valence-corrected chi connectivity index (χ2v) is 4.37. The third-order valence-electron chi connectivity index (χ3n) is 3.27. The molecule has 0 atom stereocenters. The normalized spacial score (nSPS) is 15.2. The van der Waals surface area contributed by atoms with E-state index in [0.29, 0.717) is 43.0 Å². The van der Waals surface area contributed by atoms with Crippen molar-refractivity contribution in [1.29, 1.82) is 0 Å². The lowest BCUT2D eigenvalue weighted by Gasteiger charge is -2.27. The van der Waals surface area contributed by atoms with Gasteiger partial charge < -0.3 is 14.4 Å². The Kier molecular flexibility index (Phi) is 4.16. The van der Waals surface area contributed by atoms with Gasteiger partial charge in [-0.2, -0.15) is 0 Å². The van der Waals surface area contributed by atoms with Crippen LogP contribution >= 0.6 is 0 Å². The first kappa shape index (κ1) is 13.5. The molecular formula is C14H17NO4. The molecule has 102 valence electrons. The van der Waals surface area contributed by atoms with Crippen LogP contribution in [-0.2, 0) is 9.47 Å². The number of carbonyl (C=O) groups is 2. The number of hydrogen-bond donors (Lipinski definition) is 0. The largest absolute Gasteiger partial charge is 0.465 e. The number of carbonyl (C=O) groups excluding carboxylic acids is 2. The minimum atomic E-state index is -0.422. The topological polar surface area (TPSA) is 55.8 Å². The van der Waals surface area contributed by atoms with Gasteiger partial charge in [0.25, 0.3) is 5.91 Å². The minimum Gasteiger partial charge on any atom is -0.465 e. The highest BCUT2D eigenvalue weighted by Crippen LogP contribution is 2.17. The second kappa shape index (κ2) is 5.84. The molecule has 1 aliphatic rings. The maximum absolute atomic E-state index is 12.4. The van der Waals surface area contributed by atoms with Gasteiger partial charge in [-0.15, -0.1) is 0 Å². The van der Waals surface area contributed by atoms with Crippen molar-refractivity contribution >= 4 is 11.9 Å². The molecule has 0 unspecified atom stereocenters. The van der Waals surface area contributed by atoms with Gasteiger partial charge in [-0.3, -0.25) is 4.79 Å². The van der Waals surface area contributed by atoms with Crippen LogP contribution < -0.4 is 0 Å². The molecule has 1 heterocycles. The van der Waals surface area contributed by atoms with Crippen LogP contribution in [-0.4, -0.2) is 50.2 Å². The van der Waals surface area contributed by atoms with Crippen LogP contribution in [0, 0.1) is 6.92 Å². The van der Waals surface area contributed by atoms with Gasteiger partial charge in [0.15, 0.2) is 0 Å². The Hall–Kier alpha value is -1.88. The molecule has 19 heavy (non-hydrogen) atoms. The van der Waals surface area contributed by atoms with Crippen molar-refractivity contribution in [3.05, 3.63) is 34.9 Å². The molecule has 0 spiro atoms. The Labute approximate surface area is 112 Å². The van der Waals surface area contributed by atoms with Crippen molar-refractivity contribution in [2.45, 2.75) is 6.92 Å². The van der Waals surface area contributed by atoms with Crippen molar-refractivity contribution in [3.8, 4) is 0 Å². The number of hydrogen-bond acceptors (Lipinski definition) is 4. The fourth-order valence-corrected chi connectivity index (χ4v) is 2.14. The smallest absolute Gasteiger partial charge is 0.338 e. The Bertz CT molecular complexity index is 492. The highest BCUT2D eigenvalue weighted by atomic mass is 16.5. The van der Waals surface area contributed by atoms with Crippen molar-refractivity contribution in [2.75, 3.05) is 33.4 Å². The molecule has 5 nitrogen and oxygen atoms in total. The van der Waals surface area contributed by atoms with Gasteiger partial charge in [-0.25, -0.2) is 4.79 Å². The van der Waals surface area contributed by atoms with Crippen LogP contribution in [0.4, 0.5) is 0 Å². The molecule has 0 aromatic heterocycles. The SMILES string of the molecule is COC(=O)c1cccc(C(=O)N2CCOCC2)c1C. The van der Waals surface area contributed by atoms with Crippen molar-refractivity contribution in [2.24, 2.45) is 0 Å². The Morgan fingerprint density at radius 3 is 2.47 bits per heavy atom. The molecule has 0 bridgehead atoms. The Morgan fingerprint density at radius 2 is 1.84 bits per heavy atom. The highest BCUT2D eigenvalue weighted by molar-refractivity contribution is 6.00. The van der Waals surface area contributed by atoms with Gasteiger partial charge in [-0.05, 0) is 24.6 Å². The Morgan fingerprint density at radius 1 is 1.21 bits per heavy atom. The summed E-state index contributed by atoms with van der Waals surface area (Å²) in [5, 5.41) is 0. The first-order valence-electron chi connectivity index (χ1n) is 6.20. The fraction of sp³-hybridized carbons (Fsp3) is 0.429.